The van der Waals surface area contributed by atoms with Crippen LogP contribution in [0.1, 0.15) is 32.1 Å². The highest BCUT2D eigenvalue weighted by Gasteiger charge is 2.10. The molecule has 0 atom stereocenters. The van der Waals surface area contributed by atoms with E-state index in [9.17, 15) is 4.79 Å². The lowest BCUT2D eigenvalue weighted by Gasteiger charge is -2.24. The molecule has 146 valence electrons. The van der Waals surface area contributed by atoms with Crippen LogP contribution in [0.15, 0.2) is 53.4 Å². The quantitative estimate of drug-likeness (QED) is 0.228. The van der Waals surface area contributed by atoms with E-state index in [1.165, 1.54) is 0 Å². The molecule has 0 aliphatic carbocycles. The van der Waals surface area contributed by atoms with Crippen LogP contribution in [0.3, 0.4) is 0 Å². The zero-order valence-electron chi connectivity index (χ0n) is 15.4. The number of nitrogens with zero attached hydrogens (tertiary/aromatic N) is 1. The van der Waals surface area contributed by atoms with Crippen LogP contribution in [0.2, 0.25) is 5.02 Å². The van der Waals surface area contributed by atoms with Crippen LogP contribution in [0.5, 0.6) is 5.75 Å². The molecule has 0 unspecified atom stereocenters. The van der Waals surface area contributed by atoms with E-state index < -0.39 is 0 Å². The van der Waals surface area contributed by atoms with Crippen molar-refractivity contribution in [2.45, 2.75) is 37.0 Å². The van der Waals surface area contributed by atoms with Gasteiger partial charge in [-0.15, -0.1) is 0 Å². The van der Waals surface area contributed by atoms with E-state index in [4.69, 9.17) is 21.5 Å². The molecule has 0 heterocycles. The van der Waals surface area contributed by atoms with Crippen LogP contribution < -0.4 is 14.5 Å². The van der Waals surface area contributed by atoms with E-state index in [2.05, 4.69) is 4.31 Å². The van der Waals surface area contributed by atoms with Crippen molar-refractivity contribution in [2.75, 3.05) is 18.0 Å². The Morgan fingerprint density at radius 3 is 2.56 bits per heavy atom. The molecule has 2 aromatic rings. The highest BCUT2D eigenvalue weighted by molar-refractivity contribution is 8.00. The molecule has 0 fully saturated rings. The summed E-state index contributed by atoms with van der Waals surface area (Å²) in [6, 6.07) is 15.8. The van der Waals surface area contributed by atoms with Gasteiger partial charge in [0.25, 0.3) is 0 Å². The molecule has 0 saturated carbocycles. The highest BCUT2D eigenvalue weighted by atomic mass is 35.5. The van der Waals surface area contributed by atoms with Crippen molar-refractivity contribution in [3.63, 3.8) is 0 Å². The van der Waals surface area contributed by atoms with E-state index in [1.54, 1.807) is 24.5 Å². The van der Waals surface area contributed by atoms with Gasteiger partial charge in [-0.05, 0) is 67.3 Å². The van der Waals surface area contributed by atoms with Gasteiger partial charge in [0.2, 0.25) is 5.91 Å². The van der Waals surface area contributed by atoms with Gasteiger partial charge in [0, 0.05) is 28.6 Å². The third-order valence-electron chi connectivity index (χ3n) is 4.01. The molecule has 0 aliphatic heterocycles. The standard InChI is InChI=1S/C20H25ClN2O3S/c1-26-18-12-10-17(11-13-18)23(27-19-8-6-7-16(21)15-19)14-5-3-2-4-9-20(24)22-25/h6-8,10-13,15,25H,2-5,9,14H2,1H3,(H,22,24). The molecular weight excluding hydrogens is 384 g/mol. The fourth-order valence-electron chi connectivity index (χ4n) is 2.58. The van der Waals surface area contributed by atoms with Crippen LogP contribution >= 0.6 is 23.5 Å². The SMILES string of the molecule is COc1ccc(N(CCCCCCC(=O)NO)Sc2cccc(Cl)c2)cc1. The average molecular weight is 409 g/mol. The molecule has 0 spiro atoms. The van der Waals surface area contributed by atoms with Crippen molar-refractivity contribution in [3.8, 4) is 5.75 Å². The third-order valence-corrected chi connectivity index (χ3v) is 5.33. The molecule has 27 heavy (non-hydrogen) atoms. The number of hydroxylamine groups is 1. The van der Waals surface area contributed by atoms with E-state index in [0.29, 0.717) is 6.42 Å². The first kappa shape index (κ1) is 21.4. The Hall–Kier alpha value is -1.89. The molecular formula is C20H25ClN2O3S. The predicted molar refractivity (Wildman–Crippen MR) is 111 cm³/mol. The molecule has 2 aromatic carbocycles. The first-order valence-corrected chi connectivity index (χ1v) is 10.1. The summed E-state index contributed by atoms with van der Waals surface area (Å²) in [5.41, 5.74) is 2.76. The predicted octanol–water partition coefficient (Wildman–Crippen LogP) is 5.32. The van der Waals surface area contributed by atoms with Crippen LogP contribution in [-0.2, 0) is 4.79 Å². The van der Waals surface area contributed by atoms with Gasteiger partial charge < -0.3 is 9.04 Å². The lowest BCUT2D eigenvalue weighted by Crippen LogP contribution is -2.18. The lowest BCUT2D eigenvalue weighted by molar-refractivity contribution is -0.129. The van der Waals surface area contributed by atoms with Gasteiger partial charge in [-0.2, -0.15) is 0 Å². The van der Waals surface area contributed by atoms with Crippen molar-refractivity contribution in [1.29, 1.82) is 0 Å². The molecule has 0 saturated heterocycles. The molecule has 7 heteroatoms. The number of amides is 1. The van der Waals surface area contributed by atoms with Gasteiger partial charge in [0.05, 0.1) is 7.11 Å². The number of hydrogen-bond acceptors (Lipinski definition) is 5. The number of carbonyl (C=O) groups is 1. The zero-order chi connectivity index (χ0) is 19.5. The first-order valence-electron chi connectivity index (χ1n) is 8.90. The van der Waals surface area contributed by atoms with Crippen LogP contribution in [-0.4, -0.2) is 24.8 Å². The Balaban J connectivity index is 1.93. The van der Waals surface area contributed by atoms with E-state index in [0.717, 1.165) is 53.6 Å². The number of unbranched alkanes of at least 4 members (excludes halogenated alkanes) is 3. The fourth-order valence-corrected chi connectivity index (χ4v) is 3.85. The number of halogens is 1. The van der Waals surface area contributed by atoms with Crippen LogP contribution in [0, 0.1) is 0 Å². The summed E-state index contributed by atoms with van der Waals surface area (Å²) in [6.07, 6.45) is 4.10. The number of methoxy groups -OCH3 is 1. The Kier molecular flexibility index (Phi) is 9.31. The lowest BCUT2D eigenvalue weighted by atomic mass is 10.1. The summed E-state index contributed by atoms with van der Waals surface area (Å²) >= 11 is 7.77. The Bertz CT molecular complexity index is 713. The molecule has 2 N–H and O–H groups in total. The molecule has 0 bridgehead atoms. The van der Waals surface area contributed by atoms with Gasteiger partial charge >= 0.3 is 0 Å². The average Bonchev–Trinajstić information content (AvgIpc) is 2.69. The summed E-state index contributed by atoms with van der Waals surface area (Å²) < 4.78 is 7.49. The van der Waals surface area contributed by atoms with Crippen LogP contribution in [0.4, 0.5) is 5.69 Å². The molecule has 0 radical (unpaired) electrons. The smallest absolute Gasteiger partial charge is 0.243 e. The molecule has 0 aliphatic rings. The molecule has 5 nitrogen and oxygen atoms in total. The Morgan fingerprint density at radius 2 is 1.89 bits per heavy atom. The number of anilines is 1. The normalized spacial score (nSPS) is 10.5. The number of carbonyl (C=O) groups excluding carboxylic acids is 1. The summed E-state index contributed by atoms with van der Waals surface area (Å²) in [4.78, 5) is 12.1. The summed E-state index contributed by atoms with van der Waals surface area (Å²) in [6.45, 7) is 0.871. The number of rotatable bonds is 11. The largest absolute Gasteiger partial charge is 0.497 e. The minimum Gasteiger partial charge on any atom is -0.497 e. The van der Waals surface area contributed by atoms with Gasteiger partial charge in [-0.1, -0.05) is 30.5 Å². The summed E-state index contributed by atoms with van der Waals surface area (Å²) in [5, 5.41) is 9.23. The zero-order valence-corrected chi connectivity index (χ0v) is 16.9. The van der Waals surface area contributed by atoms with Crippen molar-refractivity contribution < 1.29 is 14.7 Å². The molecule has 0 aromatic heterocycles. The van der Waals surface area contributed by atoms with Crippen molar-refractivity contribution in [1.82, 2.24) is 5.48 Å². The minimum absolute atomic E-state index is 0.327. The maximum absolute atomic E-state index is 11.0. The van der Waals surface area contributed by atoms with Crippen molar-refractivity contribution in [3.05, 3.63) is 53.6 Å². The van der Waals surface area contributed by atoms with Gasteiger partial charge in [0.15, 0.2) is 0 Å². The van der Waals surface area contributed by atoms with Gasteiger partial charge in [-0.25, -0.2) is 5.48 Å². The second-order valence-electron chi connectivity index (χ2n) is 6.05. The number of benzene rings is 2. The van der Waals surface area contributed by atoms with Gasteiger partial charge in [0.1, 0.15) is 5.75 Å². The summed E-state index contributed by atoms with van der Waals surface area (Å²) in [5.74, 6) is 0.500. The topological polar surface area (TPSA) is 61.8 Å². The Labute approximate surface area is 169 Å². The maximum Gasteiger partial charge on any atom is 0.243 e. The van der Waals surface area contributed by atoms with Crippen molar-refractivity contribution >= 4 is 35.1 Å². The third kappa shape index (κ3) is 7.71. The first-order chi connectivity index (χ1) is 13.1. The van der Waals surface area contributed by atoms with E-state index in [-0.39, 0.29) is 5.91 Å². The number of nitrogens with one attached hydrogen (secondary N) is 1. The van der Waals surface area contributed by atoms with E-state index >= 15 is 0 Å². The minimum atomic E-state index is -0.327. The summed E-state index contributed by atoms with van der Waals surface area (Å²) in [7, 11) is 1.66. The second kappa shape index (κ2) is 11.7. The Morgan fingerprint density at radius 1 is 1.15 bits per heavy atom. The van der Waals surface area contributed by atoms with Crippen LogP contribution in [0.25, 0.3) is 0 Å². The highest BCUT2D eigenvalue weighted by Crippen LogP contribution is 2.31. The van der Waals surface area contributed by atoms with E-state index in [1.807, 2.05) is 48.5 Å². The number of ether oxygens (including phenoxy) is 1. The monoisotopic (exact) mass is 408 g/mol. The molecule has 1 amide bonds. The number of hydrogen-bond donors (Lipinski definition) is 2. The van der Waals surface area contributed by atoms with Crippen molar-refractivity contribution in [2.24, 2.45) is 0 Å². The second-order valence-corrected chi connectivity index (χ2v) is 7.58. The molecule has 2 rings (SSSR count). The fraction of sp³-hybridized carbons (Fsp3) is 0.350. The maximum atomic E-state index is 11.0. The van der Waals surface area contributed by atoms with Gasteiger partial charge in [-0.3, -0.25) is 10.0 Å².